The van der Waals surface area contributed by atoms with Crippen LogP contribution in [0.25, 0.3) is 0 Å². The van der Waals surface area contributed by atoms with Crippen LogP contribution in [-0.2, 0) is 6.54 Å². The van der Waals surface area contributed by atoms with Crippen LogP contribution in [-0.4, -0.2) is 21.9 Å². The average Bonchev–Trinajstić information content (AvgIpc) is 2.84. The number of rotatable bonds is 5. The monoisotopic (exact) mass is 326 g/mol. The van der Waals surface area contributed by atoms with Gasteiger partial charge in [-0.3, -0.25) is 4.79 Å². The second-order valence-corrected chi connectivity index (χ2v) is 4.89. The van der Waals surface area contributed by atoms with Gasteiger partial charge < -0.3 is 9.30 Å². The Balaban J connectivity index is 2.12. The van der Waals surface area contributed by atoms with E-state index in [2.05, 4.69) is 20.9 Å². The molecule has 0 fully saturated rings. The molecule has 0 saturated carbocycles. The van der Waals surface area contributed by atoms with E-state index in [1.165, 1.54) is 13.0 Å². The number of nitrogens with zero attached hydrogens (tertiary/aromatic N) is 2. The number of hydrogen-bond acceptors (Lipinski definition) is 3. The van der Waals surface area contributed by atoms with Gasteiger partial charge in [0, 0.05) is 16.9 Å². The van der Waals surface area contributed by atoms with Crippen LogP contribution in [0.3, 0.4) is 0 Å². The van der Waals surface area contributed by atoms with Crippen molar-refractivity contribution >= 4 is 21.7 Å². The number of ether oxygens (including phenoxy) is 1. The van der Waals surface area contributed by atoms with Gasteiger partial charge in [-0.25, -0.2) is 9.37 Å². The molecular formula is C13H12BrFN2O2. The summed E-state index contributed by atoms with van der Waals surface area (Å²) in [5, 5.41) is 0. The number of carbonyl (C=O) groups is 1. The van der Waals surface area contributed by atoms with Crippen molar-refractivity contribution in [2.24, 2.45) is 0 Å². The van der Waals surface area contributed by atoms with Crippen molar-refractivity contribution in [1.29, 1.82) is 0 Å². The summed E-state index contributed by atoms with van der Waals surface area (Å²) in [7, 11) is 0. The van der Waals surface area contributed by atoms with Gasteiger partial charge in [-0.05, 0) is 19.1 Å². The van der Waals surface area contributed by atoms with Crippen LogP contribution < -0.4 is 4.74 Å². The van der Waals surface area contributed by atoms with Crippen molar-refractivity contribution in [3.05, 3.63) is 46.7 Å². The maximum absolute atomic E-state index is 13.8. The predicted molar refractivity (Wildman–Crippen MR) is 71.8 cm³/mol. The number of halogens is 2. The SMILES string of the molecule is CC(=O)c1cc(Br)cc(F)c1OCCn1ccnc1. The number of carbonyl (C=O) groups excluding carboxylic acids is 1. The average molecular weight is 327 g/mol. The molecular weight excluding hydrogens is 315 g/mol. The van der Waals surface area contributed by atoms with Gasteiger partial charge in [-0.2, -0.15) is 0 Å². The van der Waals surface area contributed by atoms with E-state index < -0.39 is 5.82 Å². The van der Waals surface area contributed by atoms with E-state index in [1.54, 1.807) is 24.8 Å². The van der Waals surface area contributed by atoms with Crippen molar-refractivity contribution in [2.45, 2.75) is 13.5 Å². The maximum atomic E-state index is 13.8. The first kappa shape index (κ1) is 13.7. The third kappa shape index (κ3) is 3.41. The van der Waals surface area contributed by atoms with Crippen LogP contribution in [0.5, 0.6) is 5.75 Å². The first-order valence-corrected chi connectivity index (χ1v) is 6.45. The fraction of sp³-hybridized carbons (Fsp3) is 0.231. The number of imidazole rings is 1. The topological polar surface area (TPSA) is 44.1 Å². The second kappa shape index (κ2) is 5.97. The predicted octanol–water partition coefficient (Wildman–Crippen LogP) is 3.07. The Morgan fingerprint density at radius 2 is 2.32 bits per heavy atom. The Morgan fingerprint density at radius 1 is 1.53 bits per heavy atom. The number of Topliss-reactive ketones (excluding diaryl/α,β-unsaturated/α-hetero) is 1. The fourth-order valence-corrected chi connectivity index (χ4v) is 2.07. The quantitative estimate of drug-likeness (QED) is 0.793. The van der Waals surface area contributed by atoms with Crippen LogP contribution in [0.1, 0.15) is 17.3 Å². The van der Waals surface area contributed by atoms with E-state index in [-0.39, 0.29) is 23.7 Å². The zero-order chi connectivity index (χ0) is 13.8. The molecule has 0 N–H and O–H groups in total. The third-order valence-corrected chi connectivity index (χ3v) is 3.00. The Labute approximate surface area is 118 Å². The van der Waals surface area contributed by atoms with Crippen molar-refractivity contribution in [1.82, 2.24) is 9.55 Å². The summed E-state index contributed by atoms with van der Waals surface area (Å²) >= 11 is 3.15. The molecule has 0 atom stereocenters. The summed E-state index contributed by atoms with van der Waals surface area (Å²) < 4.78 is 21.5. The molecule has 2 aromatic rings. The zero-order valence-electron chi connectivity index (χ0n) is 10.3. The molecule has 4 nitrogen and oxygen atoms in total. The molecule has 0 aliphatic carbocycles. The van der Waals surface area contributed by atoms with E-state index in [0.29, 0.717) is 11.0 Å². The van der Waals surface area contributed by atoms with E-state index in [9.17, 15) is 9.18 Å². The van der Waals surface area contributed by atoms with Gasteiger partial charge in [0.1, 0.15) is 6.61 Å². The van der Waals surface area contributed by atoms with Crippen molar-refractivity contribution in [2.75, 3.05) is 6.61 Å². The summed E-state index contributed by atoms with van der Waals surface area (Å²) in [6.45, 7) is 2.17. The van der Waals surface area contributed by atoms with Gasteiger partial charge in [0.15, 0.2) is 17.3 Å². The third-order valence-electron chi connectivity index (χ3n) is 2.54. The fourth-order valence-electron chi connectivity index (χ4n) is 1.64. The number of benzene rings is 1. The lowest BCUT2D eigenvalue weighted by molar-refractivity contribution is 0.101. The van der Waals surface area contributed by atoms with Gasteiger partial charge in [0.05, 0.1) is 18.4 Å². The Hall–Kier alpha value is -1.69. The molecule has 0 unspecified atom stereocenters. The minimum Gasteiger partial charge on any atom is -0.488 e. The molecule has 0 saturated heterocycles. The summed E-state index contributed by atoms with van der Waals surface area (Å²) in [5.74, 6) is -0.793. The highest BCUT2D eigenvalue weighted by Crippen LogP contribution is 2.27. The highest BCUT2D eigenvalue weighted by Gasteiger charge is 2.15. The maximum Gasteiger partial charge on any atom is 0.166 e. The molecule has 100 valence electrons. The number of ketones is 1. The molecule has 2 rings (SSSR count). The summed E-state index contributed by atoms with van der Waals surface area (Å²) in [6, 6.07) is 2.83. The molecule has 0 aliphatic rings. The molecule has 6 heteroatoms. The van der Waals surface area contributed by atoms with Gasteiger partial charge in [-0.15, -0.1) is 0 Å². The minimum absolute atomic E-state index is 0.00387. The first-order chi connectivity index (χ1) is 9.08. The molecule has 0 spiro atoms. The van der Waals surface area contributed by atoms with Crippen LogP contribution >= 0.6 is 15.9 Å². The normalized spacial score (nSPS) is 10.5. The number of aromatic nitrogens is 2. The minimum atomic E-state index is -0.551. The molecule has 0 aliphatic heterocycles. The van der Waals surface area contributed by atoms with E-state index in [4.69, 9.17) is 4.74 Å². The second-order valence-electron chi connectivity index (χ2n) is 3.97. The lowest BCUT2D eigenvalue weighted by atomic mass is 10.1. The molecule has 0 radical (unpaired) electrons. The Kier molecular flexibility index (Phi) is 4.31. The van der Waals surface area contributed by atoms with Crippen molar-refractivity contribution < 1.29 is 13.9 Å². The molecule has 0 bridgehead atoms. The van der Waals surface area contributed by atoms with Crippen LogP contribution in [0.15, 0.2) is 35.3 Å². The lowest BCUT2D eigenvalue weighted by Crippen LogP contribution is -2.10. The summed E-state index contributed by atoms with van der Waals surface area (Å²) in [6.07, 6.45) is 5.08. The van der Waals surface area contributed by atoms with E-state index in [0.717, 1.165) is 0 Å². The van der Waals surface area contributed by atoms with Crippen molar-refractivity contribution in [3.8, 4) is 5.75 Å². The van der Waals surface area contributed by atoms with E-state index >= 15 is 0 Å². The van der Waals surface area contributed by atoms with Gasteiger partial charge in [-0.1, -0.05) is 15.9 Å². The standard InChI is InChI=1S/C13H12BrFN2O2/c1-9(18)11-6-10(14)7-12(15)13(11)19-5-4-17-3-2-16-8-17/h2-3,6-8H,4-5H2,1H3. The Morgan fingerprint density at radius 3 is 2.95 bits per heavy atom. The highest BCUT2D eigenvalue weighted by atomic mass is 79.9. The highest BCUT2D eigenvalue weighted by molar-refractivity contribution is 9.10. The first-order valence-electron chi connectivity index (χ1n) is 5.66. The molecule has 1 aromatic carbocycles. The van der Waals surface area contributed by atoms with Gasteiger partial charge >= 0.3 is 0 Å². The molecule has 0 amide bonds. The number of hydrogen-bond donors (Lipinski definition) is 0. The largest absolute Gasteiger partial charge is 0.488 e. The zero-order valence-corrected chi connectivity index (χ0v) is 11.9. The summed E-state index contributed by atoms with van der Waals surface area (Å²) in [5.41, 5.74) is 0.234. The van der Waals surface area contributed by atoms with E-state index in [1.807, 2.05) is 4.57 Å². The summed E-state index contributed by atoms with van der Waals surface area (Å²) in [4.78, 5) is 15.4. The van der Waals surface area contributed by atoms with Gasteiger partial charge in [0.25, 0.3) is 0 Å². The van der Waals surface area contributed by atoms with Crippen LogP contribution in [0, 0.1) is 5.82 Å². The Bertz CT molecular complexity index is 585. The molecule has 19 heavy (non-hydrogen) atoms. The molecule has 1 heterocycles. The lowest BCUT2D eigenvalue weighted by Gasteiger charge is -2.11. The van der Waals surface area contributed by atoms with Crippen LogP contribution in [0.2, 0.25) is 0 Å². The molecule has 1 aromatic heterocycles. The van der Waals surface area contributed by atoms with Gasteiger partial charge in [0.2, 0.25) is 0 Å². The van der Waals surface area contributed by atoms with Crippen molar-refractivity contribution in [3.63, 3.8) is 0 Å². The van der Waals surface area contributed by atoms with Crippen LogP contribution in [0.4, 0.5) is 4.39 Å². The smallest absolute Gasteiger partial charge is 0.166 e.